The number of fused-ring (bicyclic) bond motifs is 2. The van der Waals surface area contributed by atoms with Crippen LogP contribution >= 0.6 is 0 Å². The van der Waals surface area contributed by atoms with E-state index in [0.717, 1.165) is 37.1 Å². The molecule has 2 aliphatic heterocycles. The van der Waals surface area contributed by atoms with Crippen LogP contribution in [0.5, 0.6) is 11.5 Å². The van der Waals surface area contributed by atoms with Gasteiger partial charge in [-0.3, -0.25) is 14.5 Å². The SMILES string of the molecule is CCCCOc1ccc(C2c3c(oc4ccc(C)cc4c3=O)C(=O)N2CCN2CCOCC2)cc1OC. The fraction of sp³-hybridized carbons (Fsp3) is 0.448. The van der Waals surface area contributed by atoms with Crippen LogP contribution in [-0.4, -0.2) is 68.8 Å². The zero-order valence-corrected chi connectivity index (χ0v) is 21.7. The molecule has 1 fully saturated rings. The molecule has 0 saturated carbocycles. The van der Waals surface area contributed by atoms with Crippen molar-refractivity contribution in [3.63, 3.8) is 0 Å². The van der Waals surface area contributed by atoms with Gasteiger partial charge in [0.25, 0.3) is 5.91 Å². The van der Waals surface area contributed by atoms with Crippen LogP contribution in [0.2, 0.25) is 0 Å². The quantitative estimate of drug-likeness (QED) is 0.403. The molecular formula is C29H34N2O6. The molecule has 2 aromatic carbocycles. The van der Waals surface area contributed by atoms with Gasteiger partial charge >= 0.3 is 0 Å². The van der Waals surface area contributed by atoms with Crippen molar-refractivity contribution in [1.82, 2.24) is 9.80 Å². The van der Waals surface area contributed by atoms with Crippen LogP contribution in [0.25, 0.3) is 11.0 Å². The highest BCUT2D eigenvalue weighted by atomic mass is 16.5. The summed E-state index contributed by atoms with van der Waals surface area (Å²) in [6, 6.07) is 10.5. The molecule has 3 heterocycles. The Morgan fingerprint density at radius 3 is 2.59 bits per heavy atom. The highest BCUT2D eigenvalue weighted by molar-refractivity contribution is 5.99. The number of ether oxygens (including phenoxy) is 3. The largest absolute Gasteiger partial charge is 0.493 e. The first-order valence-corrected chi connectivity index (χ1v) is 13.0. The number of unbranched alkanes of at least 4 members (excludes halogenated alkanes) is 1. The summed E-state index contributed by atoms with van der Waals surface area (Å²) in [6.07, 6.45) is 1.97. The molecule has 0 spiro atoms. The summed E-state index contributed by atoms with van der Waals surface area (Å²) < 4.78 is 23.1. The minimum Gasteiger partial charge on any atom is -0.493 e. The lowest BCUT2D eigenvalue weighted by molar-refractivity contribution is 0.0314. The molecule has 8 heteroatoms. The molecular weight excluding hydrogens is 472 g/mol. The third-order valence-corrected chi connectivity index (χ3v) is 7.14. The standard InChI is InChI=1S/C29H34N2O6/c1-4-5-14-36-23-9-7-20(18-24(23)34-3)26-25-27(32)21-17-19(2)6-8-22(21)37-28(25)29(33)31(26)11-10-30-12-15-35-16-13-30/h6-9,17-18,26H,4-5,10-16H2,1-3H3. The number of hydrogen-bond acceptors (Lipinski definition) is 7. The van der Waals surface area contributed by atoms with Gasteiger partial charge in [0.05, 0.1) is 43.9 Å². The summed E-state index contributed by atoms with van der Waals surface area (Å²) >= 11 is 0. The van der Waals surface area contributed by atoms with Crippen LogP contribution < -0.4 is 14.9 Å². The third kappa shape index (κ3) is 4.95. The lowest BCUT2D eigenvalue weighted by Gasteiger charge is -2.31. The van der Waals surface area contributed by atoms with Crippen molar-refractivity contribution >= 4 is 16.9 Å². The molecule has 1 atom stereocenters. The zero-order valence-electron chi connectivity index (χ0n) is 21.7. The molecule has 37 heavy (non-hydrogen) atoms. The average Bonchev–Trinajstić information content (AvgIpc) is 3.20. The van der Waals surface area contributed by atoms with Crippen molar-refractivity contribution in [1.29, 1.82) is 0 Å². The van der Waals surface area contributed by atoms with Crippen LogP contribution in [0.4, 0.5) is 0 Å². The van der Waals surface area contributed by atoms with Gasteiger partial charge in [-0.15, -0.1) is 0 Å². The summed E-state index contributed by atoms with van der Waals surface area (Å²) in [5.74, 6) is 1.07. The Labute approximate surface area is 216 Å². The fourth-order valence-electron chi connectivity index (χ4n) is 5.09. The number of rotatable bonds is 9. The summed E-state index contributed by atoms with van der Waals surface area (Å²) in [5.41, 5.74) is 2.38. The number of amides is 1. The molecule has 1 unspecified atom stereocenters. The van der Waals surface area contributed by atoms with Crippen molar-refractivity contribution in [2.24, 2.45) is 0 Å². The highest BCUT2D eigenvalue weighted by Crippen LogP contribution is 2.41. The average molecular weight is 507 g/mol. The van der Waals surface area contributed by atoms with Crippen molar-refractivity contribution in [3.05, 3.63) is 69.1 Å². The maximum absolute atomic E-state index is 13.8. The molecule has 0 N–H and O–H groups in total. The van der Waals surface area contributed by atoms with E-state index in [0.29, 0.717) is 60.9 Å². The second-order valence-electron chi connectivity index (χ2n) is 9.64. The highest BCUT2D eigenvalue weighted by Gasteiger charge is 2.43. The predicted molar refractivity (Wildman–Crippen MR) is 141 cm³/mol. The molecule has 196 valence electrons. The van der Waals surface area contributed by atoms with Crippen LogP contribution in [0, 0.1) is 6.92 Å². The van der Waals surface area contributed by atoms with E-state index in [1.165, 1.54) is 0 Å². The second-order valence-corrected chi connectivity index (χ2v) is 9.64. The lowest BCUT2D eigenvalue weighted by atomic mass is 9.97. The molecule has 1 aromatic heterocycles. The van der Waals surface area contributed by atoms with Crippen molar-refractivity contribution in [2.45, 2.75) is 32.7 Å². The fourth-order valence-corrected chi connectivity index (χ4v) is 5.09. The predicted octanol–water partition coefficient (Wildman–Crippen LogP) is 4.17. The van der Waals surface area contributed by atoms with Crippen LogP contribution in [0.1, 0.15) is 53.1 Å². The van der Waals surface area contributed by atoms with Gasteiger partial charge in [-0.25, -0.2) is 0 Å². The molecule has 8 nitrogen and oxygen atoms in total. The third-order valence-electron chi connectivity index (χ3n) is 7.14. The summed E-state index contributed by atoms with van der Waals surface area (Å²) in [6.45, 7) is 8.78. The molecule has 3 aromatic rings. The van der Waals surface area contributed by atoms with E-state index < -0.39 is 6.04 Å². The Morgan fingerprint density at radius 1 is 1.03 bits per heavy atom. The Morgan fingerprint density at radius 2 is 1.84 bits per heavy atom. The number of aryl methyl sites for hydroxylation is 1. The van der Waals surface area contributed by atoms with Crippen LogP contribution in [-0.2, 0) is 4.74 Å². The molecule has 2 aliphatic rings. The maximum atomic E-state index is 13.8. The van der Waals surface area contributed by atoms with E-state index in [2.05, 4.69) is 11.8 Å². The van der Waals surface area contributed by atoms with Crippen molar-refractivity contribution in [3.8, 4) is 11.5 Å². The van der Waals surface area contributed by atoms with E-state index >= 15 is 0 Å². The number of benzene rings is 2. The van der Waals surface area contributed by atoms with Crippen molar-refractivity contribution in [2.75, 3.05) is 53.1 Å². The van der Waals surface area contributed by atoms with Gasteiger partial charge in [0, 0.05) is 26.2 Å². The number of methoxy groups -OCH3 is 1. The molecule has 0 aliphatic carbocycles. The number of carbonyl (C=O) groups excluding carboxylic acids is 1. The molecule has 0 bridgehead atoms. The molecule has 5 rings (SSSR count). The van der Waals surface area contributed by atoms with E-state index in [1.54, 1.807) is 18.1 Å². The molecule has 0 radical (unpaired) electrons. The summed E-state index contributed by atoms with van der Waals surface area (Å²) in [4.78, 5) is 31.6. The van der Waals surface area contributed by atoms with E-state index in [4.69, 9.17) is 18.6 Å². The first kappa shape index (κ1) is 25.3. The van der Waals surface area contributed by atoms with E-state index in [9.17, 15) is 9.59 Å². The number of hydrogen-bond donors (Lipinski definition) is 0. The number of carbonyl (C=O) groups is 1. The van der Waals surface area contributed by atoms with Gasteiger partial charge in [0.1, 0.15) is 5.58 Å². The topological polar surface area (TPSA) is 81.5 Å². The second kappa shape index (κ2) is 10.9. The minimum atomic E-state index is -0.580. The van der Waals surface area contributed by atoms with Gasteiger partial charge in [-0.05, 0) is 43.2 Å². The Kier molecular flexibility index (Phi) is 7.48. The van der Waals surface area contributed by atoms with Gasteiger partial charge in [-0.2, -0.15) is 0 Å². The van der Waals surface area contributed by atoms with Gasteiger partial charge in [-0.1, -0.05) is 31.0 Å². The van der Waals surface area contributed by atoms with E-state index in [1.807, 2.05) is 37.3 Å². The summed E-state index contributed by atoms with van der Waals surface area (Å²) in [5, 5.41) is 0.484. The molecule has 1 amide bonds. The van der Waals surface area contributed by atoms with Crippen LogP contribution in [0.3, 0.4) is 0 Å². The smallest absolute Gasteiger partial charge is 0.290 e. The normalized spacial score (nSPS) is 17.9. The first-order chi connectivity index (χ1) is 18.0. The van der Waals surface area contributed by atoms with Gasteiger partial charge in [0.2, 0.25) is 5.76 Å². The zero-order chi connectivity index (χ0) is 25.9. The lowest BCUT2D eigenvalue weighted by Crippen LogP contribution is -2.42. The number of nitrogens with zero attached hydrogens (tertiary/aromatic N) is 2. The Hall–Kier alpha value is -3.36. The number of morpholine rings is 1. The molecule has 1 saturated heterocycles. The first-order valence-electron chi connectivity index (χ1n) is 13.0. The van der Waals surface area contributed by atoms with Gasteiger partial charge < -0.3 is 23.5 Å². The van der Waals surface area contributed by atoms with Crippen LogP contribution in [0.15, 0.2) is 45.6 Å². The minimum absolute atomic E-state index is 0.121. The van der Waals surface area contributed by atoms with Gasteiger partial charge in [0.15, 0.2) is 16.9 Å². The Bertz CT molecular complexity index is 1340. The van der Waals surface area contributed by atoms with E-state index in [-0.39, 0.29) is 17.1 Å². The Balaban J connectivity index is 1.57. The monoisotopic (exact) mass is 506 g/mol. The maximum Gasteiger partial charge on any atom is 0.290 e. The van der Waals surface area contributed by atoms with Crippen molar-refractivity contribution < 1.29 is 23.4 Å². The summed E-state index contributed by atoms with van der Waals surface area (Å²) in [7, 11) is 1.60.